The molecule has 0 aliphatic carbocycles. The van der Waals surface area contributed by atoms with E-state index < -0.39 is 5.91 Å². The minimum atomic E-state index is -0.624. The fourth-order valence-corrected chi connectivity index (χ4v) is 4.12. The zero-order valence-electron chi connectivity index (χ0n) is 17.3. The fraction of sp³-hybridized carbons (Fsp3) is 0.409. The Hall–Kier alpha value is -3.33. The van der Waals surface area contributed by atoms with Gasteiger partial charge in [0.25, 0.3) is 5.91 Å². The Morgan fingerprint density at radius 3 is 2.48 bits per heavy atom. The van der Waals surface area contributed by atoms with E-state index in [0.717, 1.165) is 17.7 Å². The van der Waals surface area contributed by atoms with Gasteiger partial charge in [-0.05, 0) is 43.2 Å². The first-order chi connectivity index (χ1) is 15.0. The van der Waals surface area contributed by atoms with Crippen molar-refractivity contribution in [2.24, 2.45) is 5.73 Å². The molecular weight excluding hydrogens is 398 g/mol. The van der Waals surface area contributed by atoms with Crippen molar-refractivity contribution in [2.45, 2.75) is 31.4 Å². The second-order valence-electron chi connectivity index (χ2n) is 7.81. The van der Waals surface area contributed by atoms with E-state index in [1.807, 2.05) is 24.3 Å². The minimum absolute atomic E-state index is 0.0225. The van der Waals surface area contributed by atoms with Gasteiger partial charge in [0.15, 0.2) is 0 Å². The molecule has 2 aromatic rings. The van der Waals surface area contributed by atoms with Gasteiger partial charge in [-0.3, -0.25) is 9.59 Å². The maximum Gasteiger partial charge on any atom is 0.254 e. The van der Waals surface area contributed by atoms with Crippen LogP contribution in [0.3, 0.4) is 0 Å². The van der Waals surface area contributed by atoms with Crippen LogP contribution >= 0.6 is 0 Å². The Labute approximate surface area is 180 Å². The summed E-state index contributed by atoms with van der Waals surface area (Å²) in [7, 11) is 0. The highest BCUT2D eigenvalue weighted by molar-refractivity contribution is 6.03. The van der Waals surface area contributed by atoms with Gasteiger partial charge in [0.05, 0.1) is 19.3 Å². The fourth-order valence-electron chi connectivity index (χ4n) is 4.12. The number of carbonyl (C=O) groups is 2. The smallest absolute Gasteiger partial charge is 0.254 e. The van der Waals surface area contributed by atoms with Crippen molar-refractivity contribution >= 4 is 17.6 Å². The summed E-state index contributed by atoms with van der Waals surface area (Å²) in [6, 6.07) is 7.34. The summed E-state index contributed by atoms with van der Waals surface area (Å²) in [6.07, 6.45) is 3.60. The number of aromatic nitrogens is 2. The van der Waals surface area contributed by atoms with Crippen molar-refractivity contribution in [2.75, 3.05) is 32.0 Å². The normalized spacial score (nSPS) is 19.4. The van der Waals surface area contributed by atoms with E-state index in [0.29, 0.717) is 44.8 Å². The summed E-state index contributed by atoms with van der Waals surface area (Å²) in [5.74, 6) is 0.268. The Morgan fingerprint density at radius 2 is 1.90 bits per heavy atom. The van der Waals surface area contributed by atoms with E-state index in [9.17, 15) is 9.59 Å². The third-order valence-corrected chi connectivity index (χ3v) is 5.81. The van der Waals surface area contributed by atoms with Crippen LogP contribution in [-0.2, 0) is 9.53 Å². The zero-order chi connectivity index (χ0) is 22.0. The molecule has 1 unspecified atom stereocenters. The van der Waals surface area contributed by atoms with Crippen molar-refractivity contribution in [3.63, 3.8) is 0 Å². The Morgan fingerprint density at radius 1 is 1.19 bits per heavy atom. The minimum Gasteiger partial charge on any atom is -0.488 e. The second-order valence-corrected chi connectivity index (χ2v) is 7.81. The quantitative estimate of drug-likeness (QED) is 0.679. The lowest BCUT2D eigenvalue weighted by molar-refractivity contribution is -0.127. The molecular formula is C22H27N5O4. The topological polar surface area (TPSA) is 126 Å². The Kier molecular flexibility index (Phi) is 5.94. The molecule has 9 nitrogen and oxygen atoms in total. The molecule has 31 heavy (non-hydrogen) atoms. The van der Waals surface area contributed by atoms with E-state index in [-0.39, 0.29) is 29.4 Å². The summed E-state index contributed by atoms with van der Waals surface area (Å²) in [6.45, 7) is 5.99. The molecule has 1 aromatic heterocycles. The highest BCUT2D eigenvalue weighted by Gasteiger charge is 2.29. The molecule has 1 aromatic carbocycles. The number of hydrogen-bond donors (Lipinski definition) is 2. The first-order valence-corrected chi connectivity index (χ1v) is 10.4. The molecule has 4 rings (SSSR count). The maximum absolute atomic E-state index is 12.2. The Balaban J connectivity index is 1.56. The van der Waals surface area contributed by atoms with Gasteiger partial charge in [-0.25, -0.2) is 4.68 Å². The van der Waals surface area contributed by atoms with Crippen LogP contribution in [0.4, 0.5) is 5.82 Å². The molecule has 0 spiro atoms. The van der Waals surface area contributed by atoms with Crippen LogP contribution in [-0.4, -0.2) is 58.9 Å². The second kappa shape index (κ2) is 8.81. The molecule has 2 saturated heterocycles. The number of nitrogens with zero attached hydrogens (tertiary/aromatic N) is 3. The molecule has 2 aliphatic rings. The van der Waals surface area contributed by atoms with Crippen molar-refractivity contribution in [1.82, 2.24) is 14.7 Å². The Bertz CT molecular complexity index is 971. The van der Waals surface area contributed by atoms with Crippen molar-refractivity contribution in [3.05, 3.63) is 42.5 Å². The molecule has 4 N–H and O–H groups in total. The number of anilines is 1. The highest BCUT2D eigenvalue weighted by Crippen LogP contribution is 2.33. The van der Waals surface area contributed by atoms with Crippen LogP contribution < -0.4 is 16.2 Å². The maximum atomic E-state index is 12.2. The zero-order valence-corrected chi connectivity index (χ0v) is 17.3. The summed E-state index contributed by atoms with van der Waals surface area (Å²) in [4.78, 5) is 25.7. The van der Waals surface area contributed by atoms with Gasteiger partial charge in [0.1, 0.15) is 28.9 Å². The number of primary amides is 1. The number of benzene rings is 1. The average Bonchev–Trinajstić information content (AvgIpc) is 3.41. The lowest BCUT2D eigenvalue weighted by atomic mass is 10.0. The van der Waals surface area contributed by atoms with Gasteiger partial charge in [0, 0.05) is 25.1 Å². The van der Waals surface area contributed by atoms with Crippen LogP contribution in [0.15, 0.2) is 36.9 Å². The SMILES string of the molecule is C=CC(=O)N1CCC(n2nc(-c3ccc(OC4CCOC4)cc3)c(C(N)=O)c2N)CC1. The van der Waals surface area contributed by atoms with Crippen LogP contribution in [0.1, 0.15) is 35.7 Å². The van der Waals surface area contributed by atoms with E-state index in [4.69, 9.17) is 20.9 Å². The standard InChI is InChI=1S/C22H27N5O4/c1-2-18(28)26-10-7-15(8-11-26)27-21(23)19(22(24)29)20(25-27)14-3-5-16(6-4-14)31-17-9-12-30-13-17/h2-6,15,17H,1,7-13,23H2,(H2,24,29). The van der Waals surface area contributed by atoms with Crippen molar-refractivity contribution in [1.29, 1.82) is 0 Å². The third-order valence-electron chi connectivity index (χ3n) is 5.81. The monoisotopic (exact) mass is 425 g/mol. The van der Waals surface area contributed by atoms with Gasteiger partial charge in [-0.2, -0.15) is 5.10 Å². The van der Waals surface area contributed by atoms with E-state index >= 15 is 0 Å². The lowest BCUT2D eigenvalue weighted by Crippen LogP contribution is -2.38. The summed E-state index contributed by atoms with van der Waals surface area (Å²) >= 11 is 0. The number of nitrogen functional groups attached to an aromatic ring is 1. The largest absolute Gasteiger partial charge is 0.488 e. The molecule has 2 fully saturated rings. The summed E-state index contributed by atoms with van der Waals surface area (Å²) in [5.41, 5.74) is 13.3. The molecule has 164 valence electrons. The van der Waals surface area contributed by atoms with Gasteiger partial charge < -0.3 is 25.8 Å². The van der Waals surface area contributed by atoms with Crippen LogP contribution in [0.2, 0.25) is 0 Å². The van der Waals surface area contributed by atoms with E-state index in [2.05, 4.69) is 11.7 Å². The van der Waals surface area contributed by atoms with Gasteiger partial charge >= 0.3 is 0 Å². The van der Waals surface area contributed by atoms with E-state index in [1.54, 1.807) is 9.58 Å². The number of likely N-dealkylation sites (tertiary alicyclic amines) is 1. The molecule has 3 heterocycles. The molecule has 0 saturated carbocycles. The summed E-state index contributed by atoms with van der Waals surface area (Å²) in [5, 5.41) is 4.65. The van der Waals surface area contributed by atoms with Gasteiger partial charge in [0.2, 0.25) is 5.91 Å². The van der Waals surface area contributed by atoms with Crippen LogP contribution in [0.25, 0.3) is 11.3 Å². The highest BCUT2D eigenvalue weighted by atomic mass is 16.5. The predicted molar refractivity (Wildman–Crippen MR) is 115 cm³/mol. The number of carbonyl (C=O) groups excluding carboxylic acids is 2. The van der Waals surface area contributed by atoms with Gasteiger partial charge in [-0.15, -0.1) is 0 Å². The van der Waals surface area contributed by atoms with Gasteiger partial charge in [-0.1, -0.05) is 6.58 Å². The van der Waals surface area contributed by atoms with Crippen molar-refractivity contribution in [3.8, 4) is 17.0 Å². The third kappa shape index (κ3) is 4.27. The molecule has 0 radical (unpaired) electrons. The van der Waals surface area contributed by atoms with Crippen molar-refractivity contribution < 1.29 is 19.1 Å². The number of rotatable bonds is 6. The number of nitrogens with two attached hydrogens (primary N) is 2. The van der Waals surface area contributed by atoms with Crippen LogP contribution in [0, 0.1) is 0 Å². The molecule has 2 aliphatic heterocycles. The first-order valence-electron chi connectivity index (χ1n) is 10.4. The average molecular weight is 425 g/mol. The number of ether oxygens (including phenoxy) is 2. The van der Waals surface area contributed by atoms with Crippen LogP contribution in [0.5, 0.6) is 5.75 Å². The molecule has 9 heteroatoms. The molecule has 1 atom stereocenters. The van der Waals surface area contributed by atoms with E-state index in [1.165, 1.54) is 6.08 Å². The predicted octanol–water partition coefficient (Wildman–Crippen LogP) is 1.75. The molecule has 0 bridgehead atoms. The molecule has 2 amide bonds. The lowest BCUT2D eigenvalue weighted by Gasteiger charge is -2.31. The number of amides is 2. The summed E-state index contributed by atoms with van der Waals surface area (Å²) < 4.78 is 12.9. The number of hydrogen-bond acceptors (Lipinski definition) is 6. The number of piperidine rings is 1. The first kappa shape index (κ1) is 20.9.